The van der Waals surface area contributed by atoms with Gasteiger partial charge in [0.05, 0.1) is 6.20 Å². The minimum Gasteiger partial charge on any atom is -0.461 e. The van der Waals surface area contributed by atoms with Gasteiger partial charge in [-0.05, 0) is 30.5 Å². The molecule has 0 aliphatic heterocycles. The standard InChI is InChI=1S/C15H15N3O4S/c1-10-8-12(10)13-4-2-11(22-13)3-5-14(19)18-23(20,21)15-9-16-6-7-17-15/h2-7,9-10,12H,8H2,1H3,(H,18,19). The van der Waals surface area contributed by atoms with Gasteiger partial charge in [0.2, 0.25) is 0 Å². The third-order valence-corrected chi connectivity index (χ3v) is 4.80. The summed E-state index contributed by atoms with van der Waals surface area (Å²) in [5, 5.41) is -0.315. The minimum atomic E-state index is -4.02. The molecule has 2 unspecified atom stereocenters. The van der Waals surface area contributed by atoms with E-state index in [1.54, 1.807) is 6.07 Å². The van der Waals surface area contributed by atoms with E-state index in [1.165, 1.54) is 18.5 Å². The third kappa shape index (κ3) is 3.65. The lowest BCUT2D eigenvalue weighted by atomic mass is 10.3. The number of nitrogens with one attached hydrogen (secondary N) is 1. The predicted molar refractivity (Wildman–Crippen MR) is 81.6 cm³/mol. The summed E-state index contributed by atoms with van der Waals surface area (Å²) >= 11 is 0. The summed E-state index contributed by atoms with van der Waals surface area (Å²) in [5.74, 6) is 1.69. The zero-order valence-corrected chi connectivity index (χ0v) is 13.2. The molecule has 1 saturated carbocycles. The molecule has 8 heteroatoms. The van der Waals surface area contributed by atoms with Crippen LogP contribution in [0.3, 0.4) is 0 Å². The van der Waals surface area contributed by atoms with Crippen LogP contribution in [0.4, 0.5) is 0 Å². The highest BCUT2D eigenvalue weighted by atomic mass is 32.2. The van der Waals surface area contributed by atoms with Gasteiger partial charge in [-0.1, -0.05) is 6.92 Å². The highest BCUT2D eigenvalue weighted by molar-refractivity contribution is 7.90. The number of amides is 1. The average Bonchev–Trinajstić information content (AvgIpc) is 3.08. The largest absolute Gasteiger partial charge is 0.461 e. The molecule has 0 radical (unpaired) electrons. The van der Waals surface area contributed by atoms with Crippen LogP contribution in [0, 0.1) is 5.92 Å². The Balaban J connectivity index is 1.64. The first kappa shape index (κ1) is 15.4. The molecule has 23 heavy (non-hydrogen) atoms. The second kappa shape index (κ2) is 5.96. The van der Waals surface area contributed by atoms with Gasteiger partial charge in [-0.3, -0.25) is 9.78 Å². The molecule has 0 bridgehead atoms. The van der Waals surface area contributed by atoms with Gasteiger partial charge in [-0.2, -0.15) is 8.42 Å². The van der Waals surface area contributed by atoms with Crippen LogP contribution in [0.25, 0.3) is 6.08 Å². The maximum Gasteiger partial charge on any atom is 0.283 e. The molecule has 120 valence electrons. The SMILES string of the molecule is CC1CC1c1ccc(C=CC(=O)NS(=O)(=O)c2cnccn2)o1. The Morgan fingerprint density at radius 2 is 2.17 bits per heavy atom. The smallest absolute Gasteiger partial charge is 0.283 e. The van der Waals surface area contributed by atoms with Gasteiger partial charge in [0.25, 0.3) is 15.9 Å². The lowest BCUT2D eigenvalue weighted by Gasteiger charge is -2.02. The van der Waals surface area contributed by atoms with Crippen molar-refractivity contribution in [3.8, 4) is 0 Å². The zero-order valence-electron chi connectivity index (χ0n) is 12.3. The number of furan rings is 1. The number of hydrogen-bond donors (Lipinski definition) is 1. The normalized spacial score (nSPS) is 20.6. The van der Waals surface area contributed by atoms with Gasteiger partial charge in [0.15, 0.2) is 5.03 Å². The zero-order chi connectivity index (χ0) is 16.4. The van der Waals surface area contributed by atoms with Crippen molar-refractivity contribution in [2.24, 2.45) is 5.92 Å². The Bertz CT molecular complexity index is 843. The number of nitrogens with zero attached hydrogens (tertiary/aromatic N) is 2. The number of sulfonamides is 1. The van der Waals surface area contributed by atoms with Gasteiger partial charge in [-0.15, -0.1) is 0 Å². The second-order valence-electron chi connectivity index (χ2n) is 5.41. The van der Waals surface area contributed by atoms with Crippen molar-refractivity contribution in [2.75, 3.05) is 0 Å². The van der Waals surface area contributed by atoms with E-state index in [2.05, 4.69) is 16.9 Å². The van der Waals surface area contributed by atoms with Gasteiger partial charge in [0.1, 0.15) is 11.5 Å². The number of carbonyl (C=O) groups is 1. The number of rotatable bonds is 5. The first-order valence-electron chi connectivity index (χ1n) is 7.06. The highest BCUT2D eigenvalue weighted by Crippen LogP contribution is 2.47. The molecule has 0 spiro atoms. The Morgan fingerprint density at radius 1 is 1.39 bits per heavy atom. The Kier molecular flexibility index (Phi) is 3.99. The number of hydrogen-bond acceptors (Lipinski definition) is 6. The van der Waals surface area contributed by atoms with E-state index in [4.69, 9.17) is 4.42 Å². The molecule has 1 amide bonds. The molecule has 0 aromatic carbocycles. The molecular formula is C15H15N3O4S. The van der Waals surface area contributed by atoms with E-state index >= 15 is 0 Å². The predicted octanol–water partition coefficient (Wildman–Crippen LogP) is 1.71. The summed E-state index contributed by atoms with van der Waals surface area (Å²) < 4.78 is 31.3. The van der Waals surface area contributed by atoms with Gasteiger partial charge in [-0.25, -0.2) is 9.71 Å². The molecule has 1 fully saturated rings. The first-order valence-corrected chi connectivity index (χ1v) is 8.54. The molecule has 2 heterocycles. The van der Waals surface area contributed by atoms with Gasteiger partial charge >= 0.3 is 0 Å². The average molecular weight is 333 g/mol. The van der Waals surface area contributed by atoms with Crippen LogP contribution in [0.15, 0.2) is 46.2 Å². The fourth-order valence-corrected chi connectivity index (χ4v) is 3.01. The first-order chi connectivity index (χ1) is 11.0. The van der Waals surface area contributed by atoms with Gasteiger partial charge < -0.3 is 4.42 Å². The van der Waals surface area contributed by atoms with Crippen LogP contribution in [0.1, 0.15) is 30.8 Å². The highest BCUT2D eigenvalue weighted by Gasteiger charge is 2.36. The van der Waals surface area contributed by atoms with Crippen LogP contribution in [0.5, 0.6) is 0 Å². The molecule has 3 rings (SSSR count). The fourth-order valence-electron chi connectivity index (χ4n) is 2.18. The maximum atomic E-state index is 11.9. The van der Waals surface area contributed by atoms with Gasteiger partial charge in [0, 0.05) is 24.4 Å². The summed E-state index contributed by atoms with van der Waals surface area (Å²) in [6, 6.07) is 3.63. The Hall–Kier alpha value is -2.48. The van der Waals surface area contributed by atoms with E-state index in [1.807, 2.05) is 10.8 Å². The Morgan fingerprint density at radius 3 is 2.83 bits per heavy atom. The van der Waals surface area contributed by atoms with Crippen molar-refractivity contribution >= 4 is 22.0 Å². The number of aromatic nitrogens is 2. The Labute approximate surface area is 133 Å². The lowest BCUT2D eigenvalue weighted by Crippen LogP contribution is -2.29. The van der Waals surface area contributed by atoms with E-state index in [0.29, 0.717) is 17.6 Å². The third-order valence-electron chi connectivity index (χ3n) is 3.57. The quantitative estimate of drug-likeness (QED) is 0.836. The van der Waals surface area contributed by atoms with E-state index < -0.39 is 15.9 Å². The minimum absolute atomic E-state index is 0.315. The molecule has 1 aliphatic carbocycles. The van der Waals surface area contributed by atoms with Crippen molar-refractivity contribution in [3.05, 3.63) is 48.3 Å². The van der Waals surface area contributed by atoms with E-state index in [-0.39, 0.29) is 5.03 Å². The molecule has 1 N–H and O–H groups in total. The van der Waals surface area contributed by atoms with Crippen LogP contribution in [0.2, 0.25) is 0 Å². The summed E-state index contributed by atoms with van der Waals surface area (Å²) in [5.41, 5.74) is 0. The molecule has 2 atom stereocenters. The number of carbonyl (C=O) groups excluding carboxylic acids is 1. The van der Waals surface area contributed by atoms with Crippen molar-refractivity contribution < 1.29 is 17.6 Å². The molecular weight excluding hydrogens is 318 g/mol. The maximum absolute atomic E-state index is 11.9. The molecule has 0 saturated heterocycles. The second-order valence-corrected chi connectivity index (χ2v) is 7.04. The molecule has 2 aromatic heterocycles. The summed E-state index contributed by atoms with van der Waals surface area (Å²) in [6.07, 6.45) is 7.28. The van der Waals surface area contributed by atoms with Crippen molar-refractivity contribution in [1.29, 1.82) is 0 Å². The molecule has 2 aromatic rings. The fraction of sp³-hybridized carbons (Fsp3) is 0.267. The van der Waals surface area contributed by atoms with Crippen molar-refractivity contribution in [3.63, 3.8) is 0 Å². The van der Waals surface area contributed by atoms with E-state index in [9.17, 15) is 13.2 Å². The van der Waals surface area contributed by atoms with Crippen LogP contribution >= 0.6 is 0 Å². The van der Waals surface area contributed by atoms with Crippen LogP contribution < -0.4 is 4.72 Å². The monoisotopic (exact) mass is 333 g/mol. The summed E-state index contributed by atoms with van der Waals surface area (Å²) in [7, 11) is -4.02. The lowest BCUT2D eigenvalue weighted by molar-refractivity contribution is -0.114. The molecule has 7 nitrogen and oxygen atoms in total. The summed E-state index contributed by atoms with van der Waals surface area (Å²) in [6.45, 7) is 2.15. The van der Waals surface area contributed by atoms with Crippen LogP contribution in [-0.4, -0.2) is 24.3 Å². The summed E-state index contributed by atoms with van der Waals surface area (Å²) in [4.78, 5) is 19.1. The van der Waals surface area contributed by atoms with E-state index in [0.717, 1.165) is 24.5 Å². The van der Waals surface area contributed by atoms with Crippen LogP contribution in [-0.2, 0) is 14.8 Å². The van der Waals surface area contributed by atoms with Crippen molar-refractivity contribution in [2.45, 2.75) is 24.3 Å². The van der Waals surface area contributed by atoms with Crippen molar-refractivity contribution in [1.82, 2.24) is 14.7 Å². The topological polar surface area (TPSA) is 102 Å². The molecule has 1 aliphatic rings.